The predicted octanol–water partition coefficient (Wildman–Crippen LogP) is 3.06. The highest BCUT2D eigenvalue weighted by Gasteiger charge is 2.50. The van der Waals surface area contributed by atoms with E-state index in [9.17, 15) is 9.18 Å². The van der Waals surface area contributed by atoms with Gasteiger partial charge in [-0.1, -0.05) is 19.9 Å². The van der Waals surface area contributed by atoms with Crippen LogP contribution < -0.4 is 0 Å². The molecule has 1 atom stereocenters. The van der Waals surface area contributed by atoms with E-state index in [0.717, 1.165) is 11.5 Å². The first-order chi connectivity index (χ1) is 13.5. The SMILES string of the molecule is CC1(C)CN(C(=O)CCCc2cn[nH]n2)C1c1nccn1-c1cccc(F)c1. The Morgan fingerprint density at radius 2 is 2.25 bits per heavy atom. The maximum atomic E-state index is 13.7. The fourth-order valence-corrected chi connectivity index (χ4v) is 3.92. The molecular formula is C20H23FN6O. The molecule has 146 valence electrons. The van der Waals surface area contributed by atoms with E-state index in [1.165, 1.54) is 12.1 Å². The van der Waals surface area contributed by atoms with E-state index < -0.39 is 0 Å². The second-order valence-electron chi connectivity index (χ2n) is 7.86. The number of aryl methyl sites for hydroxylation is 1. The van der Waals surface area contributed by atoms with E-state index in [-0.39, 0.29) is 23.2 Å². The van der Waals surface area contributed by atoms with Crippen molar-refractivity contribution >= 4 is 5.91 Å². The molecule has 0 saturated carbocycles. The molecule has 1 amide bonds. The monoisotopic (exact) mass is 382 g/mol. The predicted molar refractivity (Wildman–Crippen MR) is 101 cm³/mol. The fraction of sp³-hybridized carbons (Fsp3) is 0.400. The summed E-state index contributed by atoms with van der Waals surface area (Å²) in [4.78, 5) is 19.2. The van der Waals surface area contributed by atoms with Crippen molar-refractivity contribution in [3.05, 3.63) is 60.2 Å². The second kappa shape index (κ2) is 7.18. The summed E-state index contributed by atoms with van der Waals surface area (Å²) < 4.78 is 15.6. The number of imidazole rings is 1. The van der Waals surface area contributed by atoms with Crippen LogP contribution in [-0.4, -0.2) is 42.3 Å². The molecule has 4 rings (SSSR count). The normalized spacial score (nSPS) is 18.1. The lowest BCUT2D eigenvalue weighted by molar-refractivity contribution is -0.153. The summed E-state index contributed by atoms with van der Waals surface area (Å²) in [5.74, 6) is 0.555. The van der Waals surface area contributed by atoms with Gasteiger partial charge in [0.05, 0.1) is 17.9 Å². The lowest BCUT2D eigenvalue weighted by Gasteiger charge is -2.53. The van der Waals surface area contributed by atoms with Crippen LogP contribution in [0.4, 0.5) is 4.39 Å². The van der Waals surface area contributed by atoms with Crippen LogP contribution in [0.25, 0.3) is 5.69 Å². The molecule has 28 heavy (non-hydrogen) atoms. The van der Waals surface area contributed by atoms with E-state index in [1.54, 1.807) is 18.5 Å². The summed E-state index contributed by atoms with van der Waals surface area (Å²) in [7, 11) is 0. The minimum atomic E-state index is -0.300. The quantitative estimate of drug-likeness (QED) is 0.711. The number of rotatable bonds is 6. The molecule has 7 nitrogen and oxygen atoms in total. The Labute approximate surface area is 162 Å². The topological polar surface area (TPSA) is 79.7 Å². The second-order valence-corrected chi connectivity index (χ2v) is 7.86. The van der Waals surface area contributed by atoms with Gasteiger partial charge in [-0.25, -0.2) is 9.37 Å². The molecule has 3 aromatic rings. The Morgan fingerprint density at radius 3 is 2.96 bits per heavy atom. The summed E-state index contributed by atoms with van der Waals surface area (Å²) in [6.45, 7) is 4.93. The number of halogens is 1. The molecule has 0 bridgehead atoms. The molecule has 1 unspecified atom stereocenters. The van der Waals surface area contributed by atoms with Gasteiger partial charge < -0.3 is 9.47 Å². The van der Waals surface area contributed by atoms with Crippen molar-refractivity contribution in [2.75, 3.05) is 6.54 Å². The summed E-state index contributed by atoms with van der Waals surface area (Å²) in [5, 5.41) is 10.4. The third-order valence-corrected chi connectivity index (χ3v) is 5.24. The first-order valence-electron chi connectivity index (χ1n) is 9.39. The third-order valence-electron chi connectivity index (χ3n) is 5.24. The van der Waals surface area contributed by atoms with Gasteiger partial charge in [0.25, 0.3) is 0 Å². The highest BCUT2D eigenvalue weighted by molar-refractivity contribution is 5.78. The van der Waals surface area contributed by atoms with E-state index >= 15 is 0 Å². The van der Waals surface area contributed by atoms with Crippen LogP contribution in [-0.2, 0) is 11.2 Å². The minimum absolute atomic E-state index is 0.0987. The van der Waals surface area contributed by atoms with Gasteiger partial charge in [0.15, 0.2) is 0 Å². The zero-order chi connectivity index (χ0) is 19.7. The molecule has 0 aliphatic carbocycles. The van der Waals surface area contributed by atoms with E-state index in [1.807, 2.05) is 21.7 Å². The zero-order valence-electron chi connectivity index (χ0n) is 16.0. The Morgan fingerprint density at radius 1 is 1.39 bits per heavy atom. The maximum absolute atomic E-state index is 13.7. The molecule has 8 heteroatoms. The number of likely N-dealkylation sites (tertiary alicyclic amines) is 1. The summed E-state index contributed by atoms with van der Waals surface area (Å²) in [6, 6.07) is 6.25. The zero-order valence-corrected chi connectivity index (χ0v) is 16.0. The van der Waals surface area contributed by atoms with Crippen molar-refractivity contribution in [2.24, 2.45) is 5.41 Å². The lowest BCUT2D eigenvalue weighted by Crippen LogP contribution is -2.58. The van der Waals surface area contributed by atoms with Crippen molar-refractivity contribution in [3.63, 3.8) is 0 Å². The number of aromatic amines is 1. The number of amides is 1. The van der Waals surface area contributed by atoms with E-state index in [0.29, 0.717) is 31.5 Å². The van der Waals surface area contributed by atoms with Crippen molar-refractivity contribution in [1.82, 2.24) is 29.9 Å². The first kappa shape index (κ1) is 18.3. The van der Waals surface area contributed by atoms with Gasteiger partial charge in [-0.15, -0.1) is 0 Å². The summed E-state index contributed by atoms with van der Waals surface area (Å²) in [6.07, 6.45) is 7.05. The highest BCUT2D eigenvalue weighted by Crippen LogP contribution is 2.48. The average Bonchev–Trinajstić information content (AvgIpc) is 3.32. The molecule has 1 N–H and O–H groups in total. The number of hydrogen-bond donors (Lipinski definition) is 1. The molecule has 1 saturated heterocycles. The number of carbonyl (C=O) groups is 1. The number of carbonyl (C=O) groups excluding carboxylic acids is 1. The molecule has 3 heterocycles. The van der Waals surface area contributed by atoms with Crippen molar-refractivity contribution in [3.8, 4) is 5.69 Å². The minimum Gasteiger partial charge on any atom is -0.331 e. The van der Waals surface area contributed by atoms with Crippen LogP contribution in [0.15, 0.2) is 42.9 Å². The van der Waals surface area contributed by atoms with E-state index in [4.69, 9.17) is 0 Å². The fourth-order valence-electron chi connectivity index (χ4n) is 3.92. The standard InChI is InChI=1S/C20H23FN6O/c1-20(2)13-27(17(28)8-4-6-15-12-23-25-24-15)18(20)19-22-9-10-26(19)16-7-3-5-14(21)11-16/h3,5,7,9-12,18H,4,6,8,13H2,1-2H3,(H,23,24,25). The molecule has 1 aliphatic heterocycles. The smallest absolute Gasteiger partial charge is 0.223 e. The Balaban J connectivity index is 1.51. The lowest BCUT2D eigenvalue weighted by atomic mass is 9.74. The number of hydrogen-bond acceptors (Lipinski definition) is 4. The molecule has 1 aliphatic rings. The Hall–Kier alpha value is -3.03. The highest BCUT2D eigenvalue weighted by atomic mass is 19.1. The van der Waals surface area contributed by atoms with Gasteiger partial charge in [-0.2, -0.15) is 15.4 Å². The molecule has 1 fully saturated rings. The molecule has 2 aromatic heterocycles. The molecule has 0 radical (unpaired) electrons. The number of aromatic nitrogens is 5. The van der Waals surface area contributed by atoms with Crippen LogP contribution >= 0.6 is 0 Å². The van der Waals surface area contributed by atoms with Crippen molar-refractivity contribution in [2.45, 2.75) is 39.2 Å². The van der Waals surface area contributed by atoms with E-state index in [2.05, 4.69) is 34.2 Å². The average molecular weight is 382 g/mol. The van der Waals surface area contributed by atoms with Gasteiger partial charge in [0.1, 0.15) is 11.6 Å². The summed E-state index contributed by atoms with van der Waals surface area (Å²) in [5.41, 5.74) is 1.46. The number of benzene rings is 1. The van der Waals surface area contributed by atoms with Crippen LogP contribution in [0, 0.1) is 11.2 Å². The van der Waals surface area contributed by atoms with Gasteiger partial charge in [0.2, 0.25) is 5.91 Å². The van der Waals surface area contributed by atoms with Gasteiger partial charge in [-0.3, -0.25) is 4.79 Å². The van der Waals surface area contributed by atoms with Gasteiger partial charge >= 0.3 is 0 Å². The van der Waals surface area contributed by atoms with Crippen LogP contribution in [0.2, 0.25) is 0 Å². The number of nitrogens with zero attached hydrogens (tertiary/aromatic N) is 5. The van der Waals surface area contributed by atoms with Crippen LogP contribution in [0.3, 0.4) is 0 Å². The van der Waals surface area contributed by atoms with Gasteiger partial charge in [0, 0.05) is 36.5 Å². The molecule has 1 aromatic carbocycles. The maximum Gasteiger partial charge on any atom is 0.223 e. The number of H-pyrrole nitrogens is 1. The Bertz CT molecular complexity index is 965. The molecule has 0 spiro atoms. The number of nitrogens with one attached hydrogen (secondary N) is 1. The van der Waals surface area contributed by atoms with Crippen molar-refractivity contribution < 1.29 is 9.18 Å². The Kier molecular flexibility index (Phi) is 4.70. The van der Waals surface area contributed by atoms with Gasteiger partial charge in [-0.05, 0) is 31.0 Å². The van der Waals surface area contributed by atoms with Crippen LogP contribution in [0.5, 0.6) is 0 Å². The largest absolute Gasteiger partial charge is 0.331 e. The van der Waals surface area contributed by atoms with Crippen LogP contribution in [0.1, 0.15) is 44.2 Å². The molecular weight excluding hydrogens is 359 g/mol. The third kappa shape index (κ3) is 3.42. The first-order valence-corrected chi connectivity index (χ1v) is 9.39. The summed E-state index contributed by atoms with van der Waals surface area (Å²) >= 11 is 0. The van der Waals surface area contributed by atoms with Crippen molar-refractivity contribution in [1.29, 1.82) is 0 Å².